The number of amides is 1. The van der Waals surface area contributed by atoms with Gasteiger partial charge in [-0.1, -0.05) is 0 Å². The van der Waals surface area contributed by atoms with Gasteiger partial charge in [0.15, 0.2) is 0 Å². The lowest BCUT2D eigenvalue weighted by atomic mass is 10.1. The van der Waals surface area contributed by atoms with Gasteiger partial charge in [-0.25, -0.2) is 4.39 Å². The Balaban J connectivity index is 1.21. The van der Waals surface area contributed by atoms with Crippen molar-refractivity contribution in [3.05, 3.63) is 65.6 Å². The number of aromatic nitrogens is 2. The smallest absolute Gasteiger partial charge is 0.238 e. The summed E-state index contributed by atoms with van der Waals surface area (Å²) in [5.41, 5.74) is 5.93. The van der Waals surface area contributed by atoms with Gasteiger partial charge < -0.3 is 10.2 Å². The number of anilines is 2. The molecule has 0 unspecified atom stereocenters. The summed E-state index contributed by atoms with van der Waals surface area (Å²) in [4.78, 5) is 17.0. The second-order valence-electron chi connectivity index (χ2n) is 8.87. The van der Waals surface area contributed by atoms with E-state index in [4.69, 9.17) is 0 Å². The third-order valence-electron chi connectivity index (χ3n) is 6.13. The van der Waals surface area contributed by atoms with Gasteiger partial charge in [0.1, 0.15) is 5.82 Å². The highest BCUT2D eigenvalue weighted by molar-refractivity contribution is 5.93. The average molecular weight is 450 g/mol. The number of likely N-dealkylation sites (N-methyl/N-ethyl adjacent to an activating group) is 1. The molecule has 33 heavy (non-hydrogen) atoms. The zero-order chi connectivity index (χ0) is 23.2. The van der Waals surface area contributed by atoms with E-state index < -0.39 is 0 Å². The Morgan fingerprint density at radius 3 is 2.64 bits per heavy atom. The first-order valence-electron chi connectivity index (χ1n) is 11.6. The van der Waals surface area contributed by atoms with Crippen molar-refractivity contribution >= 4 is 17.3 Å². The van der Waals surface area contributed by atoms with E-state index in [9.17, 15) is 9.18 Å². The van der Waals surface area contributed by atoms with Crippen LogP contribution in [0.1, 0.15) is 30.5 Å². The van der Waals surface area contributed by atoms with E-state index in [1.165, 1.54) is 30.7 Å². The van der Waals surface area contributed by atoms with Crippen molar-refractivity contribution in [1.29, 1.82) is 0 Å². The molecule has 2 heterocycles. The minimum atomic E-state index is -0.254. The van der Waals surface area contributed by atoms with Gasteiger partial charge in [0.2, 0.25) is 5.91 Å². The lowest BCUT2D eigenvalue weighted by Crippen LogP contribution is -2.31. The summed E-state index contributed by atoms with van der Waals surface area (Å²) in [5.74, 6) is -0.259. The van der Waals surface area contributed by atoms with E-state index in [-0.39, 0.29) is 11.7 Å². The summed E-state index contributed by atoms with van der Waals surface area (Å²) in [6.07, 6.45) is 4.23. The Kier molecular flexibility index (Phi) is 7.40. The second kappa shape index (κ2) is 10.6. The molecule has 3 aromatic rings. The lowest BCUT2D eigenvalue weighted by Gasteiger charge is -2.20. The number of H-pyrrole nitrogens is 1. The maximum atomic E-state index is 13.1. The summed E-state index contributed by atoms with van der Waals surface area (Å²) in [6, 6.07) is 14.6. The quantitative estimate of drug-likeness (QED) is 0.500. The van der Waals surface area contributed by atoms with Crippen molar-refractivity contribution in [3.8, 4) is 11.3 Å². The molecule has 0 radical (unpaired) electrons. The van der Waals surface area contributed by atoms with Gasteiger partial charge in [-0.05, 0) is 100 Å². The third-order valence-corrected chi connectivity index (χ3v) is 6.13. The fourth-order valence-corrected chi connectivity index (χ4v) is 4.27. The number of aromatic amines is 1. The minimum Gasteiger partial charge on any atom is -0.372 e. The highest BCUT2D eigenvalue weighted by Gasteiger charge is 2.14. The highest BCUT2D eigenvalue weighted by atomic mass is 19.1. The van der Waals surface area contributed by atoms with Crippen LogP contribution >= 0.6 is 0 Å². The normalized spacial score (nSPS) is 13.6. The monoisotopic (exact) mass is 449 g/mol. The van der Waals surface area contributed by atoms with Gasteiger partial charge in [-0.15, -0.1) is 0 Å². The molecule has 1 fully saturated rings. The van der Waals surface area contributed by atoms with Gasteiger partial charge in [0, 0.05) is 35.7 Å². The van der Waals surface area contributed by atoms with Crippen LogP contribution in [0.2, 0.25) is 0 Å². The molecular weight excluding hydrogens is 417 g/mol. The Hall–Kier alpha value is -3.19. The fraction of sp³-hybridized carbons (Fsp3) is 0.385. The van der Waals surface area contributed by atoms with Gasteiger partial charge >= 0.3 is 0 Å². The molecule has 1 aliphatic rings. The number of nitrogens with zero attached hydrogens (tertiary/aromatic N) is 3. The predicted octanol–water partition coefficient (Wildman–Crippen LogP) is 4.63. The molecule has 0 bridgehead atoms. The van der Waals surface area contributed by atoms with Crippen LogP contribution in [0.3, 0.4) is 0 Å². The molecule has 1 saturated heterocycles. The molecule has 1 amide bonds. The predicted molar refractivity (Wildman–Crippen MR) is 131 cm³/mol. The molecule has 6 nitrogen and oxygen atoms in total. The van der Waals surface area contributed by atoms with E-state index in [0.29, 0.717) is 6.54 Å². The van der Waals surface area contributed by atoms with E-state index in [1.54, 1.807) is 12.1 Å². The maximum absolute atomic E-state index is 13.1. The second-order valence-corrected chi connectivity index (χ2v) is 8.87. The van der Waals surface area contributed by atoms with Crippen LogP contribution in [0.5, 0.6) is 0 Å². The average Bonchev–Trinajstić information content (AvgIpc) is 3.48. The van der Waals surface area contributed by atoms with Crippen LogP contribution in [-0.4, -0.2) is 54.2 Å². The first-order chi connectivity index (χ1) is 16.0. The highest BCUT2D eigenvalue weighted by Crippen LogP contribution is 2.25. The zero-order valence-electron chi connectivity index (χ0n) is 19.4. The van der Waals surface area contributed by atoms with Crippen molar-refractivity contribution in [2.24, 2.45) is 0 Å². The number of carbonyl (C=O) groups is 1. The number of nitrogens with one attached hydrogen (secondary N) is 2. The van der Waals surface area contributed by atoms with Crippen LogP contribution in [-0.2, 0) is 11.2 Å². The number of rotatable bonds is 9. The van der Waals surface area contributed by atoms with Crippen LogP contribution in [0, 0.1) is 12.7 Å². The van der Waals surface area contributed by atoms with E-state index in [0.717, 1.165) is 60.7 Å². The zero-order valence-corrected chi connectivity index (χ0v) is 19.4. The number of halogens is 1. The molecular formula is C26H32FN5O. The SMILES string of the molecule is Cc1cc(N2CCCC2)ccc1NC(=O)CN(C)CCCc1cc(-c2ccc(F)cc2)n[nH]1. The van der Waals surface area contributed by atoms with E-state index in [2.05, 4.69) is 32.5 Å². The molecule has 174 valence electrons. The molecule has 0 aliphatic carbocycles. The molecule has 1 aliphatic heterocycles. The summed E-state index contributed by atoms with van der Waals surface area (Å²) < 4.78 is 13.1. The Labute approximate surface area is 194 Å². The number of aryl methyl sites for hydroxylation is 2. The Bertz CT molecular complexity index is 1070. The molecule has 2 N–H and O–H groups in total. The Morgan fingerprint density at radius 2 is 1.91 bits per heavy atom. The molecule has 4 rings (SSSR count). The van der Waals surface area contributed by atoms with Crippen LogP contribution < -0.4 is 10.2 Å². The summed E-state index contributed by atoms with van der Waals surface area (Å²) in [6.45, 7) is 5.41. The molecule has 0 spiro atoms. The number of hydrogen-bond donors (Lipinski definition) is 2. The molecule has 7 heteroatoms. The van der Waals surface area contributed by atoms with Crippen LogP contribution in [0.15, 0.2) is 48.5 Å². The fourth-order valence-electron chi connectivity index (χ4n) is 4.27. The van der Waals surface area contributed by atoms with Crippen molar-refractivity contribution in [3.63, 3.8) is 0 Å². The number of hydrogen-bond acceptors (Lipinski definition) is 4. The van der Waals surface area contributed by atoms with Gasteiger partial charge in [-0.2, -0.15) is 5.10 Å². The van der Waals surface area contributed by atoms with E-state index >= 15 is 0 Å². The molecule has 2 aromatic carbocycles. The third kappa shape index (κ3) is 6.20. The van der Waals surface area contributed by atoms with Crippen molar-refractivity contribution in [2.45, 2.75) is 32.6 Å². The standard InChI is InChI=1S/C26H32FN5O/c1-19-16-23(32-14-3-4-15-32)11-12-24(19)28-26(33)18-31(2)13-5-6-22-17-25(30-29-22)20-7-9-21(27)10-8-20/h7-12,16-17H,3-6,13-15,18H2,1-2H3,(H,28,33)(H,29,30). The lowest BCUT2D eigenvalue weighted by molar-refractivity contribution is -0.117. The largest absolute Gasteiger partial charge is 0.372 e. The maximum Gasteiger partial charge on any atom is 0.238 e. The number of benzene rings is 2. The van der Waals surface area contributed by atoms with Crippen molar-refractivity contribution in [2.75, 3.05) is 43.4 Å². The summed E-state index contributed by atoms with van der Waals surface area (Å²) in [7, 11) is 1.96. The Morgan fingerprint density at radius 1 is 1.15 bits per heavy atom. The first-order valence-corrected chi connectivity index (χ1v) is 11.6. The van der Waals surface area contributed by atoms with Gasteiger partial charge in [0.25, 0.3) is 0 Å². The van der Waals surface area contributed by atoms with Crippen molar-refractivity contribution < 1.29 is 9.18 Å². The number of carbonyl (C=O) groups excluding carboxylic acids is 1. The van der Waals surface area contributed by atoms with Gasteiger partial charge in [-0.3, -0.25) is 14.8 Å². The molecule has 0 saturated carbocycles. The van der Waals surface area contributed by atoms with Crippen LogP contribution in [0.25, 0.3) is 11.3 Å². The van der Waals surface area contributed by atoms with Gasteiger partial charge in [0.05, 0.1) is 12.2 Å². The topological polar surface area (TPSA) is 64.3 Å². The summed E-state index contributed by atoms with van der Waals surface area (Å²) in [5, 5.41) is 10.4. The first kappa shape index (κ1) is 23.0. The summed E-state index contributed by atoms with van der Waals surface area (Å²) >= 11 is 0. The molecule has 1 aromatic heterocycles. The minimum absolute atomic E-state index is 0.00495. The van der Waals surface area contributed by atoms with Crippen molar-refractivity contribution in [1.82, 2.24) is 15.1 Å². The van der Waals surface area contributed by atoms with E-state index in [1.807, 2.05) is 31.0 Å². The molecule has 0 atom stereocenters. The van der Waals surface area contributed by atoms with Crippen LogP contribution in [0.4, 0.5) is 15.8 Å².